The molecular weight excluding hydrogens is 510 g/mol. The fourth-order valence-electron chi connectivity index (χ4n) is 4.83. The molecule has 3 aromatic rings. The summed E-state index contributed by atoms with van der Waals surface area (Å²) in [6.45, 7) is 8.62. The van der Waals surface area contributed by atoms with Gasteiger partial charge in [0.05, 0.1) is 24.2 Å². The van der Waals surface area contributed by atoms with E-state index in [9.17, 15) is 4.79 Å². The predicted octanol–water partition coefficient (Wildman–Crippen LogP) is 4.11. The maximum absolute atomic E-state index is 12.3. The van der Waals surface area contributed by atoms with E-state index >= 15 is 0 Å². The van der Waals surface area contributed by atoms with Gasteiger partial charge in [-0.2, -0.15) is 4.98 Å². The molecule has 0 spiro atoms. The third kappa shape index (κ3) is 6.42. The number of carbonyl (C=O) groups excluding carboxylic acids is 1. The Morgan fingerprint density at radius 3 is 2.67 bits per heavy atom. The van der Waals surface area contributed by atoms with Gasteiger partial charge in [-0.05, 0) is 56.3 Å². The zero-order chi connectivity index (χ0) is 27.9. The van der Waals surface area contributed by atoms with Crippen molar-refractivity contribution in [1.82, 2.24) is 19.9 Å². The van der Waals surface area contributed by atoms with Gasteiger partial charge in [-0.15, -0.1) is 0 Å². The molecule has 0 radical (unpaired) electrons. The number of fused-ring (bicyclic) bond motifs is 1. The quantitative estimate of drug-likeness (QED) is 0.361. The molecule has 2 aliphatic heterocycles. The second-order valence-electron chi connectivity index (χ2n) is 9.70. The summed E-state index contributed by atoms with van der Waals surface area (Å²) in [5.41, 5.74) is 2.82. The molecule has 1 amide bonds. The van der Waals surface area contributed by atoms with Gasteiger partial charge in [0, 0.05) is 31.8 Å². The Bertz CT molecular complexity index is 1360. The van der Waals surface area contributed by atoms with Gasteiger partial charge in [-0.3, -0.25) is 4.79 Å². The van der Waals surface area contributed by atoms with Crippen molar-refractivity contribution < 1.29 is 19.0 Å². The topological polar surface area (TPSA) is 114 Å². The molecule has 0 aliphatic carbocycles. The van der Waals surface area contributed by atoms with Crippen LogP contribution in [-0.2, 0) is 4.79 Å². The molecule has 40 heavy (non-hydrogen) atoms. The number of methoxy groups -OCH3 is 1. The van der Waals surface area contributed by atoms with Crippen LogP contribution < -0.4 is 29.7 Å². The molecule has 0 atom stereocenters. The van der Waals surface area contributed by atoms with Crippen LogP contribution in [0.3, 0.4) is 0 Å². The van der Waals surface area contributed by atoms with Gasteiger partial charge in [-0.25, -0.2) is 9.97 Å². The fourth-order valence-corrected chi connectivity index (χ4v) is 4.83. The molecule has 1 aromatic heterocycles. The Morgan fingerprint density at radius 1 is 1.10 bits per heavy atom. The van der Waals surface area contributed by atoms with E-state index in [2.05, 4.69) is 42.0 Å². The van der Waals surface area contributed by atoms with Gasteiger partial charge in [0.1, 0.15) is 25.3 Å². The lowest BCUT2D eigenvalue weighted by molar-refractivity contribution is -0.111. The molecule has 2 aliphatic rings. The van der Waals surface area contributed by atoms with Gasteiger partial charge in [0.25, 0.3) is 0 Å². The van der Waals surface area contributed by atoms with Gasteiger partial charge >= 0.3 is 0 Å². The lowest BCUT2D eigenvalue weighted by Gasteiger charge is -2.30. The highest BCUT2D eigenvalue weighted by Crippen LogP contribution is 2.38. The third-order valence-electron chi connectivity index (χ3n) is 6.99. The standard InChI is InChI=1S/C29H35N7O4/c1-4-27(37)32-21-17-22(25(38-3)18-23(21)35(2)12-13-36-10-6-5-7-11-36)33-29-31-19-30-28(34-29)20-8-9-24-26(16-20)40-15-14-39-24/h4,8-9,16-19H,1,5-7,10-15H2,2-3H3,(H,32,37)(H,30,31,33,34). The minimum atomic E-state index is -0.303. The van der Waals surface area contributed by atoms with Crippen molar-refractivity contribution in [1.29, 1.82) is 0 Å². The van der Waals surface area contributed by atoms with E-state index in [0.29, 0.717) is 53.6 Å². The van der Waals surface area contributed by atoms with E-state index in [0.717, 1.165) is 37.4 Å². The van der Waals surface area contributed by atoms with Crippen LogP contribution in [0.1, 0.15) is 19.3 Å². The highest BCUT2D eigenvalue weighted by molar-refractivity contribution is 6.02. The monoisotopic (exact) mass is 545 g/mol. The van der Waals surface area contributed by atoms with Crippen LogP contribution in [0.25, 0.3) is 11.4 Å². The number of ether oxygens (including phenoxy) is 3. The molecule has 11 heteroatoms. The summed E-state index contributed by atoms with van der Waals surface area (Å²) in [5.74, 6) is 2.43. The van der Waals surface area contributed by atoms with Crippen molar-refractivity contribution in [2.24, 2.45) is 0 Å². The fraction of sp³-hybridized carbons (Fsp3) is 0.379. The second-order valence-corrected chi connectivity index (χ2v) is 9.70. The molecule has 0 bridgehead atoms. The third-order valence-corrected chi connectivity index (χ3v) is 6.99. The number of piperidine rings is 1. The average Bonchev–Trinajstić information content (AvgIpc) is 3.00. The summed E-state index contributed by atoms with van der Waals surface area (Å²) in [5, 5.41) is 6.17. The van der Waals surface area contributed by atoms with Crippen molar-refractivity contribution >= 4 is 28.9 Å². The second kappa shape index (κ2) is 12.6. The number of anilines is 4. The van der Waals surface area contributed by atoms with E-state index in [1.165, 1.54) is 31.7 Å². The summed E-state index contributed by atoms with van der Waals surface area (Å²) in [7, 11) is 3.62. The van der Waals surface area contributed by atoms with Gasteiger partial charge < -0.3 is 34.6 Å². The lowest BCUT2D eigenvalue weighted by Crippen LogP contribution is -2.36. The van der Waals surface area contributed by atoms with E-state index in [1.807, 2.05) is 37.4 Å². The number of likely N-dealkylation sites (tertiary alicyclic amines) is 1. The Morgan fingerprint density at radius 2 is 1.90 bits per heavy atom. The average molecular weight is 546 g/mol. The Kier molecular flexibility index (Phi) is 8.60. The van der Waals surface area contributed by atoms with Crippen molar-refractivity contribution in [3.63, 3.8) is 0 Å². The van der Waals surface area contributed by atoms with Crippen LogP contribution in [0.5, 0.6) is 17.2 Å². The molecule has 1 fully saturated rings. The van der Waals surface area contributed by atoms with Crippen LogP contribution in [0.2, 0.25) is 0 Å². The number of rotatable bonds is 10. The lowest BCUT2D eigenvalue weighted by atomic mass is 10.1. The summed E-state index contributed by atoms with van der Waals surface area (Å²) in [4.78, 5) is 30.2. The van der Waals surface area contributed by atoms with Crippen molar-refractivity contribution in [3.05, 3.63) is 49.3 Å². The van der Waals surface area contributed by atoms with E-state index in [-0.39, 0.29) is 5.91 Å². The van der Waals surface area contributed by atoms with Crippen LogP contribution in [-0.4, -0.2) is 79.3 Å². The maximum Gasteiger partial charge on any atom is 0.247 e. The smallest absolute Gasteiger partial charge is 0.247 e. The Balaban J connectivity index is 1.40. The Labute approximate surface area is 234 Å². The van der Waals surface area contributed by atoms with Crippen molar-refractivity contribution in [2.75, 3.05) is 69.1 Å². The number of nitrogens with one attached hydrogen (secondary N) is 2. The number of carbonyl (C=O) groups is 1. The normalized spacial score (nSPS) is 14.8. The summed E-state index contributed by atoms with van der Waals surface area (Å²) >= 11 is 0. The largest absolute Gasteiger partial charge is 0.494 e. The molecule has 2 aromatic carbocycles. The molecular formula is C29H35N7O4. The molecule has 2 N–H and O–H groups in total. The van der Waals surface area contributed by atoms with Crippen molar-refractivity contribution in [3.8, 4) is 28.6 Å². The minimum absolute atomic E-state index is 0.303. The summed E-state index contributed by atoms with van der Waals surface area (Å²) < 4.78 is 17.0. The number of likely N-dealkylation sites (N-methyl/N-ethyl adjacent to an activating group) is 1. The number of hydrogen-bond acceptors (Lipinski definition) is 10. The van der Waals surface area contributed by atoms with Gasteiger partial charge in [0.2, 0.25) is 11.9 Å². The van der Waals surface area contributed by atoms with Crippen LogP contribution >= 0.6 is 0 Å². The number of benzene rings is 2. The highest BCUT2D eigenvalue weighted by atomic mass is 16.6. The summed E-state index contributed by atoms with van der Waals surface area (Å²) in [6, 6.07) is 9.30. The SMILES string of the molecule is C=CC(=O)Nc1cc(Nc2ncnc(-c3ccc4c(c3)OCCO4)n2)c(OC)cc1N(C)CCN1CCCCC1. The highest BCUT2D eigenvalue weighted by Gasteiger charge is 2.19. The predicted molar refractivity (Wildman–Crippen MR) is 155 cm³/mol. The number of hydrogen-bond donors (Lipinski definition) is 2. The first kappa shape index (κ1) is 27.2. The van der Waals surface area contributed by atoms with E-state index in [4.69, 9.17) is 14.2 Å². The van der Waals surface area contributed by atoms with Gasteiger partial charge in [0.15, 0.2) is 17.3 Å². The maximum atomic E-state index is 12.3. The molecule has 210 valence electrons. The Hall–Kier alpha value is -4.38. The first-order valence-electron chi connectivity index (χ1n) is 13.5. The summed E-state index contributed by atoms with van der Waals surface area (Å²) in [6.07, 6.45) is 6.48. The van der Waals surface area contributed by atoms with E-state index in [1.54, 1.807) is 7.11 Å². The number of nitrogens with zero attached hydrogens (tertiary/aromatic N) is 5. The first-order chi connectivity index (χ1) is 19.5. The molecule has 5 rings (SSSR count). The first-order valence-corrected chi connectivity index (χ1v) is 13.5. The van der Waals surface area contributed by atoms with Crippen molar-refractivity contribution in [2.45, 2.75) is 19.3 Å². The molecule has 0 saturated carbocycles. The van der Waals surface area contributed by atoms with E-state index < -0.39 is 0 Å². The molecule has 1 saturated heterocycles. The van der Waals surface area contributed by atoms with Gasteiger partial charge in [-0.1, -0.05) is 13.0 Å². The molecule has 11 nitrogen and oxygen atoms in total. The number of aromatic nitrogens is 3. The van der Waals surface area contributed by atoms with Crippen LogP contribution in [0, 0.1) is 0 Å². The minimum Gasteiger partial charge on any atom is -0.494 e. The number of amides is 1. The zero-order valence-electron chi connectivity index (χ0n) is 23.0. The molecule has 3 heterocycles. The van der Waals surface area contributed by atoms with Crippen LogP contribution in [0.15, 0.2) is 49.3 Å². The van der Waals surface area contributed by atoms with Crippen LogP contribution in [0.4, 0.5) is 23.0 Å². The zero-order valence-corrected chi connectivity index (χ0v) is 23.0. The molecule has 0 unspecified atom stereocenters.